The van der Waals surface area contributed by atoms with Gasteiger partial charge in [0.2, 0.25) is 0 Å². The summed E-state index contributed by atoms with van der Waals surface area (Å²) in [6.45, 7) is 6.53. The molecule has 1 atom stereocenters. The largest absolute Gasteiger partial charge is 0.495 e. The van der Waals surface area contributed by atoms with Crippen molar-refractivity contribution in [2.75, 3.05) is 13.7 Å². The third kappa shape index (κ3) is 3.62. The van der Waals surface area contributed by atoms with Gasteiger partial charge < -0.3 is 14.6 Å². The van der Waals surface area contributed by atoms with Crippen molar-refractivity contribution in [1.82, 2.24) is 4.98 Å². The number of ether oxygens (including phenoxy) is 1. The summed E-state index contributed by atoms with van der Waals surface area (Å²) in [4.78, 5) is 17.8. The van der Waals surface area contributed by atoms with E-state index in [1.54, 1.807) is 19.2 Å². The fraction of sp³-hybridized carbons (Fsp3) is 0.286. The van der Waals surface area contributed by atoms with E-state index in [0.717, 1.165) is 24.3 Å². The summed E-state index contributed by atoms with van der Waals surface area (Å²) in [7, 11) is 1.59. The molecule has 136 valence electrons. The Hall–Kier alpha value is -2.30. The average Bonchev–Trinajstić information content (AvgIpc) is 2.65. The summed E-state index contributed by atoms with van der Waals surface area (Å²) in [5.41, 5.74) is 3.55. The average molecular weight is 372 g/mol. The molecule has 0 aliphatic carbocycles. The Morgan fingerprint density at radius 3 is 2.50 bits per heavy atom. The standard InChI is InChI=1S/C21H23ClN2O2/c1-4-24(12-15-8-6-5-7-9-15)13-16-14(2)23-20-18(26-3)11-10-17(22)19(20)21(16)25/h5-11H,4,12-13H2,1-3H3,(H,23,25)/p+1. The maximum atomic E-state index is 13.2. The van der Waals surface area contributed by atoms with Gasteiger partial charge in [0.1, 0.15) is 18.8 Å². The van der Waals surface area contributed by atoms with Crippen LogP contribution in [-0.4, -0.2) is 18.6 Å². The number of pyridine rings is 1. The van der Waals surface area contributed by atoms with Crippen molar-refractivity contribution in [3.8, 4) is 5.75 Å². The van der Waals surface area contributed by atoms with Crippen molar-refractivity contribution < 1.29 is 9.64 Å². The van der Waals surface area contributed by atoms with Gasteiger partial charge >= 0.3 is 0 Å². The van der Waals surface area contributed by atoms with Gasteiger partial charge in [-0.15, -0.1) is 0 Å². The SMILES string of the molecule is CC[NH+](Cc1ccccc1)Cc1c(C)[nH]c2c(OC)ccc(Cl)c2c1=O. The van der Waals surface area contributed by atoms with Crippen molar-refractivity contribution in [3.05, 3.63) is 74.5 Å². The summed E-state index contributed by atoms with van der Waals surface area (Å²) in [5, 5.41) is 0.950. The number of rotatable bonds is 6. The molecule has 0 bridgehead atoms. The van der Waals surface area contributed by atoms with E-state index in [1.807, 2.05) is 25.1 Å². The zero-order valence-corrected chi connectivity index (χ0v) is 16.1. The van der Waals surface area contributed by atoms with E-state index in [9.17, 15) is 4.79 Å². The minimum Gasteiger partial charge on any atom is -0.495 e. The summed E-state index contributed by atoms with van der Waals surface area (Å²) in [5.74, 6) is 0.625. The topological polar surface area (TPSA) is 46.5 Å². The number of H-pyrrole nitrogens is 1. The van der Waals surface area contributed by atoms with E-state index >= 15 is 0 Å². The van der Waals surface area contributed by atoms with E-state index in [4.69, 9.17) is 16.3 Å². The number of benzene rings is 2. The molecule has 1 unspecified atom stereocenters. The number of hydrogen-bond donors (Lipinski definition) is 2. The Morgan fingerprint density at radius 2 is 1.85 bits per heavy atom. The summed E-state index contributed by atoms with van der Waals surface area (Å²) in [6, 6.07) is 13.8. The molecule has 0 saturated heterocycles. The first kappa shape index (κ1) is 18.5. The lowest BCUT2D eigenvalue weighted by Crippen LogP contribution is -3.09. The fourth-order valence-electron chi connectivity index (χ4n) is 3.32. The van der Waals surface area contributed by atoms with Gasteiger partial charge in [-0.1, -0.05) is 41.9 Å². The molecule has 0 aliphatic rings. The second-order valence-electron chi connectivity index (χ2n) is 6.50. The second-order valence-corrected chi connectivity index (χ2v) is 6.91. The number of hydrogen-bond acceptors (Lipinski definition) is 2. The third-order valence-electron chi connectivity index (χ3n) is 4.83. The maximum Gasteiger partial charge on any atom is 0.200 e. The number of nitrogens with one attached hydrogen (secondary N) is 2. The number of halogens is 1. The molecule has 5 heteroatoms. The van der Waals surface area contributed by atoms with Crippen LogP contribution in [0, 0.1) is 6.92 Å². The lowest BCUT2D eigenvalue weighted by Gasteiger charge is -2.19. The zero-order chi connectivity index (χ0) is 18.7. The maximum absolute atomic E-state index is 13.2. The predicted octanol–water partition coefficient (Wildman–Crippen LogP) is 3.10. The van der Waals surface area contributed by atoms with Crippen LogP contribution in [0.5, 0.6) is 5.75 Å². The first-order chi connectivity index (χ1) is 12.5. The minimum absolute atomic E-state index is 0.0147. The molecular formula is C21H24ClN2O2+. The van der Waals surface area contributed by atoms with Crippen LogP contribution in [0.1, 0.15) is 23.7 Å². The molecule has 0 amide bonds. The molecule has 0 aliphatic heterocycles. The second kappa shape index (κ2) is 7.94. The van der Waals surface area contributed by atoms with Gasteiger partial charge in [-0.05, 0) is 26.0 Å². The minimum atomic E-state index is -0.0147. The number of quaternary nitrogens is 1. The molecule has 2 N–H and O–H groups in total. The molecule has 2 aromatic carbocycles. The number of aromatic amines is 1. The van der Waals surface area contributed by atoms with Gasteiger partial charge in [-0.3, -0.25) is 4.79 Å². The lowest BCUT2D eigenvalue weighted by atomic mass is 10.1. The molecule has 0 radical (unpaired) electrons. The van der Waals surface area contributed by atoms with Crippen LogP contribution in [0.2, 0.25) is 5.02 Å². The van der Waals surface area contributed by atoms with Crippen LogP contribution in [0.4, 0.5) is 0 Å². The third-order valence-corrected chi connectivity index (χ3v) is 5.14. The molecule has 0 spiro atoms. The van der Waals surface area contributed by atoms with Crippen LogP contribution < -0.4 is 15.1 Å². The van der Waals surface area contributed by atoms with Crippen LogP contribution in [0.25, 0.3) is 10.9 Å². The van der Waals surface area contributed by atoms with E-state index in [0.29, 0.717) is 28.2 Å². The van der Waals surface area contributed by atoms with E-state index < -0.39 is 0 Å². The highest BCUT2D eigenvalue weighted by atomic mass is 35.5. The van der Waals surface area contributed by atoms with Crippen molar-refractivity contribution in [2.24, 2.45) is 0 Å². The van der Waals surface area contributed by atoms with Crippen LogP contribution in [0.15, 0.2) is 47.3 Å². The van der Waals surface area contributed by atoms with Crippen LogP contribution >= 0.6 is 11.6 Å². The molecule has 0 fully saturated rings. The van der Waals surface area contributed by atoms with Crippen molar-refractivity contribution >= 4 is 22.5 Å². The number of aryl methyl sites for hydroxylation is 1. The molecule has 0 saturated carbocycles. The summed E-state index contributed by atoms with van der Waals surface area (Å²) < 4.78 is 5.38. The van der Waals surface area contributed by atoms with E-state index in [-0.39, 0.29) is 5.43 Å². The van der Waals surface area contributed by atoms with Gasteiger partial charge in [-0.25, -0.2) is 0 Å². The normalized spacial score (nSPS) is 12.3. The van der Waals surface area contributed by atoms with Gasteiger partial charge in [0.05, 0.1) is 35.1 Å². The molecule has 1 heterocycles. The highest BCUT2D eigenvalue weighted by molar-refractivity contribution is 6.35. The monoisotopic (exact) mass is 371 g/mol. The van der Waals surface area contributed by atoms with E-state index in [2.05, 4.69) is 24.0 Å². The molecule has 26 heavy (non-hydrogen) atoms. The summed E-state index contributed by atoms with van der Waals surface area (Å²) >= 11 is 6.33. The van der Waals surface area contributed by atoms with Gasteiger partial charge in [0, 0.05) is 11.3 Å². The Bertz CT molecular complexity index is 967. The van der Waals surface area contributed by atoms with Crippen molar-refractivity contribution in [2.45, 2.75) is 26.9 Å². The number of methoxy groups -OCH3 is 1. The fourth-order valence-corrected chi connectivity index (χ4v) is 3.56. The predicted molar refractivity (Wildman–Crippen MR) is 106 cm³/mol. The van der Waals surface area contributed by atoms with Crippen LogP contribution in [-0.2, 0) is 13.1 Å². The highest BCUT2D eigenvalue weighted by Gasteiger charge is 2.19. The van der Waals surface area contributed by atoms with Gasteiger partial charge in [0.25, 0.3) is 0 Å². The smallest absolute Gasteiger partial charge is 0.200 e. The number of aromatic nitrogens is 1. The van der Waals surface area contributed by atoms with Gasteiger partial charge in [0.15, 0.2) is 5.43 Å². The Labute approximate surface area is 158 Å². The Morgan fingerprint density at radius 1 is 1.12 bits per heavy atom. The molecular weight excluding hydrogens is 348 g/mol. The molecule has 3 aromatic rings. The van der Waals surface area contributed by atoms with E-state index in [1.165, 1.54) is 10.5 Å². The highest BCUT2D eigenvalue weighted by Crippen LogP contribution is 2.28. The molecule has 3 rings (SSSR count). The molecule has 4 nitrogen and oxygen atoms in total. The Balaban J connectivity index is 2.02. The number of fused-ring (bicyclic) bond motifs is 1. The van der Waals surface area contributed by atoms with Gasteiger partial charge in [-0.2, -0.15) is 0 Å². The molecule has 1 aromatic heterocycles. The zero-order valence-electron chi connectivity index (χ0n) is 15.4. The van der Waals surface area contributed by atoms with Crippen LogP contribution in [0.3, 0.4) is 0 Å². The Kier molecular flexibility index (Phi) is 5.64. The lowest BCUT2D eigenvalue weighted by molar-refractivity contribution is -0.925. The van der Waals surface area contributed by atoms with Crippen molar-refractivity contribution in [1.29, 1.82) is 0 Å². The van der Waals surface area contributed by atoms with Crippen molar-refractivity contribution in [3.63, 3.8) is 0 Å². The first-order valence-electron chi connectivity index (χ1n) is 8.80. The quantitative estimate of drug-likeness (QED) is 0.699. The summed E-state index contributed by atoms with van der Waals surface area (Å²) in [6.07, 6.45) is 0. The first-order valence-corrected chi connectivity index (χ1v) is 9.18.